The van der Waals surface area contributed by atoms with Crippen molar-refractivity contribution in [3.63, 3.8) is 0 Å². The zero-order valence-electron chi connectivity index (χ0n) is 15.0. The average molecular weight is 424 g/mol. The SMILES string of the molecule is O=C(Nc1ccccc1)[C@H]1CC12CCN(C(=O)OC(C(F)(F)F)C(F)(F)F)CC2. The normalized spacial score (nSPS) is 21.2. The molecule has 1 saturated carbocycles. The Labute approximate surface area is 162 Å². The fraction of sp³-hybridized carbons (Fsp3) is 0.556. The lowest BCUT2D eigenvalue weighted by Crippen LogP contribution is -2.49. The summed E-state index contributed by atoms with van der Waals surface area (Å²) in [4.78, 5) is 25.0. The summed E-state index contributed by atoms with van der Waals surface area (Å²) >= 11 is 0. The number of likely N-dealkylation sites (tertiary alicyclic amines) is 1. The molecule has 160 valence electrons. The predicted octanol–water partition coefficient (Wildman–Crippen LogP) is 4.36. The number of rotatable bonds is 3. The summed E-state index contributed by atoms with van der Waals surface area (Å²) < 4.78 is 78.9. The van der Waals surface area contributed by atoms with Crippen LogP contribution in [-0.4, -0.2) is 48.4 Å². The maximum Gasteiger partial charge on any atom is 0.434 e. The highest BCUT2D eigenvalue weighted by Crippen LogP contribution is 2.59. The summed E-state index contributed by atoms with van der Waals surface area (Å²) in [6, 6.07) is 8.77. The molecule has 3 rings (SSSR count). The van der Waals surface area contributed by atoms with Gasteiger partial charge in [-0.2, -0.15) is 26.3 Å². The number of nitrogens with one attached hydrogen (secondary N) is 1. The van der Waals surface area contributed by atoms with Crippen molar-refractivity contribution in [1.29, 1.82) is 0 Å². The van der Waals surface area contributed by atoms with Crippen LogP contribution in [0.15, 0.2) is 30.3 Å². The van der Waals surface area contributed by atoms with Gasteiger partial charge in [0.1, 0.15) is 0 Å². The molecular formula is C18H18F6N2O3. The first-order chi connectivity index (χ1) is 13.4. The van der Waals surface area contributed by atoms with Crippen molar-refractivity contribution in [2.75, 3.05) is 18.4 Å². The number of carbonyl (C=O) groups excluding carboxylic acids is 2. The minimum atomic E-state index is -5.75. The van der Waals surface area contributed by atoms with Gasteiger partial charge in [0.25, 0.3) is 6.10 Å². The molecule has 5 nitrogen and oxygen atoms in total. The van der Waals surface area contributed by atoms with E-state index in [0.717, 1.165) is 4.90 Å². The van der Waals surface area contributed by atoms with Gasteiger partial charge in [0, 0.05) is 24.7 Å². The number of ether oxygens (including phenoxy) is 1. The number of hydrogen-bond acceptors (Lipinski definition) is 3. The summed E-state index contributed by atoms with van der Waals surface area (Å²) in [6.07, 6.45) is -16.2. The van der Waals surface area contributed by atoms with E-state index in [-0.39, 0.29) is 30.3 Å². The molecule has 1 atom stereocenters. The molecule has 2 aliphatic rings. The number of alkyl halides is 6. The van der Waals surface area contributed by atoms with Gasteiger partial charge in [0.05, 0.1) is 0 Å². The predicted molar refractivity (Wildman–Crippen MR) is 88.8 cm³/mol. The number of hydrogen-bond donors (Lipinski definition) is 1. The first-order valence-electron chi connectivity index (χ1n) is 8.87. The highest BCUT2D eigenvalue weighted by molar-refractivity contribution is 5.95. The fourth-order valence-electron chi connectivity index (χ4n) is 3.65. The first-order valence-corrected chi connectivity index (χ1v) is 8.87. The Morgan fingerprint density at radius 1 is 1.03 bits per heavy atom. The molecule has 1 spiro atoms. The third-order valence-electron chi connectivity index (χ3n) is 5.38. The molecule has 0 unspecified atom stereocenters. The van der Waals surface area contributed by atoms with E-state index >= 15 is 0 Å². The summed E-state index contributed by atoms with van der Waals surface area (Å²) in [7, 11) is 0. The minimum absolute atomic E-state index is 0.0730. The third kappa shape index (κ3) is 4.76. The topological polar surface area (TPSA) is 58.6 Å². The first kappa shape index (κ1) is 21.3. The van der Waals surface area contributed by atoms with Gasteiger partial charge in [-0.3, -0.25) is 4.79 Å². The second kappa shape index (κ2) is 7.42. The van der Waals surface area contributed by atoms with E-state index in [4.69, 9.17) is 0 Å². The smallest absolute Gasteiger partial charge is 0.426 e. The molecule has 1 aromatic rings. The second-order valence-corrected chi connectivity index (χ2v) is 7.31. The van der Waals surface area contributed by atoms with Gasteiger partial charge in [-0.15, -0.1) is 0 Å². The molecule has 1 aliphatic heterocycles. The van der Waals surface area contributed by atoms with Crippen molar-refractivity contribution < 1.29 is 40.7 Å². The number of halogens is 6. The van der Waals surface area contributed by atoms with Crippen LogP contribution in [0.4, 0.5) is 36.8 Å². The van der Waals surface area contributed by atoms with E-state index in [1.165, 1.54) is 0 Å². The molecule has 29 heavy (non-hydrogen) atoms. The van der Waals surface area contributed by atoms with Gasteiger partial charge in [0.2, 0.25) is 5.91 Å². The van der Waals surface area contributed by atoms with Gasteiger partial charge in [-0.1, -0.05) is 18.2 Å². The number of amides is 2. The van der Waals surface area contributed by atoms with Gasteiger partial charge in [-0.25, -0.2) is 4.79 Å². The lowest BCUT2D eigenvalue weighted by atomic mass is 9.91. The quantitative estimate of drug-likeness (QED) is 0.734. The maximum atomic E-state index is 12.5. The highest BCUT2D eigenvalue weighted by atomic mass is 19.4. The molecular weight excluding hydrogens is 406 g/mol. The highest BCUT2D eigenvalue weighted by Gasteiger charge is 2.61. The number of piperidine rings is 1. The van der Waals surface area contributed by atoms with Crippen LogP contribution in [0.3, 0.4) is 0 Å². The number of nitrogens with zero attached hydrogens (tertiary/aromatic N) is 1. The number of para-hydroxylation sites is 1. The Bertz CT molecular complexity index is 743. The Morgan fingerprint density at radius 3 is 2.10 bits per heavy atom. The molecule has 1 N–H and O–H groups in total. The Balaban J connectivity index is 1.53. The lowest BCUT2D eigenvalue weighted by molar-refractivity contribution is -0.308. The Morgan fingerprint density at radius 2 is 1.59 bits per heavy atom. The summed E-state index contributed by atoms with van der Waals surface area (Å²) in [5.74, 6) is -0.500. The van der Waals surface area contributed by atoms with Crippen LogP contribution in [0.25, 0.3) is 0 Å². The van der Waals surface area contributed by atoms with Crippen molar-refractivity contribution in [3.05, 3.63) is 30.3 Å². The van der Waals surface area contributed by atoms with E-state index < -0.39 is 24.5 Å². The van der Waals surface area contributed by atoms with Crippen LogP contribution in [0, 0.1) is 11.3 Å². The third-order valence-corrected chi connectivity index (χ3v) is 5.38. The molecule has 0 radical (unpaired) electrons. The zero-order chi connectivity index (χ0) is 21.4. The van der Waals surface area contributed by atoms with Crippen LogP contribution < -0.4 is 5.32 Å². The molecule has 1 aromatic carbocycles. The number of carbonyl (C=O) groups is 2. The Kier molecular flexibility index (Phi) is 5.44. The zero-order valence-corrected chi connectivity index (χ0v) is 15.0. The van der Waals surface area contributed by atoms with Crippen molar-refractivity contribution >= 4 is 17.7 Å². The number of benzene rings is 1. The van der Waals surface area contributed by atoms with E-state index in [9.17, 15) is 35.9 Å². The molecule has 1 saturated heterocycles. The standard InChI is InChI=1S/C18H18F6N2O3/c19-17(20,21)14(18(22,23)24)29-15(28)26-8-6-16(7-9-26)10-12(16)13(27)25-11-4-2-1-3-5-11/h1-5,12,14H,6-10H2,(H,25,27)/t12-/m1/s1. The van der Waals surface area contributed by atoms with E-state index in [1.807, 2.05) is 0 Å². The van der Waals surface area contributed by atoms with Crippen LogP contribution >= 0.6 is 0 Å². The Hall–Kier alpha value is -2.46. The largest absolute Gasteiger partial charge is 0.434 e. The van der Waals surface area contributed by atoms with Gasteiger partial charge < -0.3 is 15.0 Å². The molecule has 2 amide bonds. The second-order valence-electron chi connectivity index (χ2n) is 7.31. The summed E-state index contributed by atoms with van der Waals surface area (Å²) in [5.41, 5.74) is 0.245. The monoisotopic (exact) mass is 424 g/mol. The van der Waals surface area contributed by atoms with Crippen molar-refractivity contribution in [2.24, 2.45) is 11.3 Å². The van der Waals surface area contributed by atoms with Crippen LogP contribution in [0.5, 0.6) is 0 Å². The van der Waals surface area contributed by atoms with Crippen molar-refractivity contribution in [2.45, 2.75) is 37.7 Å². The van der Waals surface area contributed by atoms with E-state index in [2.05, 4.69) is 10.1 Å². The molecule has 0 bridgehead atoms. The average Bonchev–Trinajstić information content (AvgIpc) is 3.32. The molecule has 1 heterocycles. The fourth-order valence-corrected chi connectivity index (χ4v) is 3.65. The van der Waals surface area contributed by atoms with Crippen LogP contribution in [0.1, 0.15) is 19.3 Å². The molecule has 11 heteroatoms. The molecule has 1 aliphatic carbocycles. The summed E-state index contributed by atoms with van der Waals surface area (Å²) in [5, 5.41) is 2.77. The van der Waals surface area contributed by atoms with Crippen LogP contribution in [-0.2, 0) is 9.53 Å². The van der Waals surface area contributed by atoms with Crippen molar-refractivity contribution in [1.82, 2.24) is 4.90 Å². The lowest BCUT2D eigenvalue weighted by Gasteiger charge is -2.33. The number of anilines is 1. The van der Waals surface area contributed by atoms with E-state index in [0.29, 0.717) is 24.9 Å². The van der Waals surface area contributed by atoms with Crippen molar-refractivity contribution in [3.8, 4) is 0 Å². The molecule has 2 fully saturated rings. The van der Waals surface area contributed by atoms with Gasteiger partial charge in [-0.05, 0) is 36.8 Å². The molecule has 0 aromatic heterocycles. The van der Waals surface area contributed by atoms with E-state index in [1.54, 1.807) is 30.3 Å². The maximum absolute atomic E-state index is 12.5. The minimum Gasteiger partial charge on any atom is -0.426 e. The van der Waals surface area contributed by atoms with Gasteiger partial charge in [0.15, 0.2) is 0 Å². The van der Waals surface area contributed by atoms with Gasteiger partial charge >= 0.3 is 18.4 Å². The summed E-state index contributed by atoms with van der Waals surface area (Å²) in [6.45, 7) is -0.146. The van der Waals surface area contributed by atoms with Crippen LogP contribution in [0.2, 0.25) is 0 Å².